The van der Waals surface area contributed by atoms with Gasteiger partial charge in [-0.3, -0.25) is 14.5 Å². The summed E-state index contributed by atoms with van der Waals surface area (Å²) in [7, 11) is 1.49. The predicted molar refractivity (Wildman–Crippen MR) is 112 cm³/mol. The Morgan fingerprint density at radius 2 is 1.80 bits per heavy atom. The van der Waals surface area contributed by atoms with Gasteiger partial charge in [-0.2, -0.15) is 0 Å². The quantitative estimate of drug-likeness (QED) is 0.386. The van der Waals surface area contributed by atoms with E-state index in [1.54, 1.807) is 48.5 Å². The monoisotopic (exact) mass is 403 g/mol. The Morgan fingerprint density at radius 3 is 2.43 bits per heavy atom. The van der Waals surface area contributed by atoms with Crippen LogP contribution >= 0.6 is 0 Å². The summed E-state index contributed by atoms with van der Waals surface area (Å²) in [6, 6.07) is 16.6. The number of anilines is 1. The van der Waals surface area contributed by atoms with E-state index in [1.165, 1.54) is 18.3 Å². The van der Waals surface area contributed by atoms with Crippen molar-refractivity contribution in [1.29, 1.82) is 0 Å². The molecule has 0 bridgehead atoms. The Bertz CT molecular complexity index is 1110. The van der Waals surface area contributed by atoms with Gasteiger partial charge in [0.05, 0.1) is 24.6 Å². The number of ketones is 1. The average Bonchev–Trinajstić information content (AvgIpc) is 3.40. The van der Waals surface area contributed by atoms with Crippen molar-refractivity contribution in [3.63, 3.8) is 0 Å². The van der Waals surface area contributed by atoms with Gasteiger partial charge in [-0.1, -0.05) is 43.3 Å². The van der Waals surface area contributed by atoms with E-state index in [4.69, 9.17) is 9.15 Å². The number of carbonyl (C=O) groups excluding carboxylic acids is 2. The number of aryl methyl sites for hydroxylation is 1. The van der Waals surface area contributed by atoms with Gasteiger partial charge >= 0.3 is 0 Å². The summed E-state index contributed by atoms with van der Waals surface area (Å²) in [5, 5.41) is 11.0. The van der Waals surface area contributed by atoms with Gasteiger partial charge in [0.1, 0.15) is 23.3 Å². The summed E-state index contributed by atoms with van der Waals surface area (Å²) < 4.78 is 11.0. The fraction of sp³-hybridized carbons (Fsp3) is 0.167. The van der Waals surface area contributed by atoms with Crippen LogP contribution in [0.25, 0.3) is 5.76 Å². The molecule has 0 saturated carbocycles. The van der Waals surface area contributed by atoms with E-state index in [-0.39, 0.29) is 11.3 Å². The molecule has 1 N–H and O–H groups in total. The lowest BCUT2D eigenvalue weighted by atomic mass is 9.98. The molecule has 0 aliphatic carbocycles. The van der Waals surface area contributed by atoms with Crippen LogP contribution in [-0.2, 0) is 16.0 Å². The van der Waals surface area contributed by atoms with E-state index >= 15 is 0 Å². The Kier molecular flexibility index (Phi) is 5.14. The lowest BCUT2D eigenvalue weighted by Crippen LogP contribution is -2.29. The highest BCUT2D eigenvalue weighted by Crippen LogP contribution is 2.44. The van der Waals surface area contributed by atoms with Gasteiger partial charge in [-0.25, -0.2) is 0 Å². The van der Waals surface area contributed by atoms with E-state index in [0.717, 1.165) is 12.0 Å². The zero-order valence-electron chi connectivity index (χ0n) is 16.7. The third-order valence-corrected chi connectivity index (χ3v) is 5.24. The number of ether oxygens (including phenoxy) is 1. The molecular formula is C24H21NO5. The second-order valence-electron chi connectivity index (χ2n) is 6.91. The fourth-order valence-corrected chi connectivity index (χ4v) is 3.68. The highest BCUT2D eigenvalue weighted by atomic mass is 16.5. The first kappa shape index (κ1) is 19.5. The molecule has 152 valence electrons. The minimum atomic E-state index is -0.915. The molecule has 6 nitrogen and oxygen atoms in total. The van der Waals surface area contributed by atoms with Crippen molar-refractivity contribution in [3.05, 3.63) is 89.4 Å². The van der Waals surface area contributed by atoms with E-state index in [2.05, 4.69) is 0 Å². The number of Topliss-reactive ketones (excluding diaryl/α,β-unsaturated/α-hetero) is 1. The number of aliphatic hydroxyl groups excluding tert-OH is 1. The molecule has 0 spiro atoms. The van der Waals surface area contributed by atoms with Gasteiger partial charge in [0.25, 0.3) is 11.7 Å². The first-order valence-corrected chi connectivity index (χ1v) is 9.63. The van der Waals surface area contributed by atoms with Gasteiger partial charge in [-0.05, 0) is 36.2 Å². The second kappa shape index (κ2) is 7.91. The van der Waals surface area contributed by atoms with E-state index in [0.29, 0.717) is 22.8 Å². The molecular weight excluding hydrogens is 382 g/mol. The smallest absolute Gasteiger partial charge is 0.300 e. The SMILES string of the molecule is CCc1ccc(/C(O)=C2/C(=O)C(=O)N(c3ccccc3OC)C2c2ccco2)cc1. The molecule has 1 fully saturated rings. The molecule has 1 aliphatic rings. The molecule has 30 heavy (non-hydrogen) atoms. The van der Waals surface area contributed by atoms with Crippen LogP contribution in [0.3, 0.4) is 0 Å². The molecule has 2 aromatic carbocycles. The Balaban J connectivity index is 1.92. The molecule has 1 unspecified atom stereocenters. The number of benzene rings is 2. The highest BCUT2D eigenvalue weighted by molar-refractivity contribution is 6.51. The minimum Gasteiger partial charge on any atom is -0.507 e. The van der Waals surface area contributed by atoms with E-state index in [9.17, 15) is 14.7 Å². The molecule has 4 rings (SSSR count). The standard InChI is InChI=1S/C24H21NO5/c1-3-15-10-12-16(13-11-15)22(26)20-21(19-9-6-14-30-19)25(24(28)23(20)27)17-7-4-5-8-18(17)29-2/h4-14,21,26H,3H2,1-2H3/b22-20-. The molecule has 1 amide bonds. The number of furan rings is 1. The van der Waals surface area contributed by atoms with Crippen LogP contribution in [0.5, 0.6) is 5.75 Å². The Hall–Kier alpha value is -3.80. The number of hydrogen-bond acceptors (Lipinski definition) is 5. The Morgan fingerprint density at radius 1 is 1.07 bits per heavy atom. The number of rotatable bonds is 5. The normalized spacial score (nSPS) is 18.1. The van der Waals surface area contributed by atoms with Crippen molar-refractivity contribution in [3.8, 4) is 5.75 Å². The fourth-order valence-electron chi connectivity index (χ4n) is 3.68. The molecule has 2 heterocycles. The summed E-state index contributed by atoms with van der Waals surface area (Å²) in [5.74, 6) is -0.975. The van der Waals surface area contributed by atoms with Crippen LogP contribution in [-0.4, -0.2) is 23.9 Å². The van der Waals surface area contributed by atoms with Crippen LogP contribution in [0, 0.1) is 0 Å². The summed E-state index contributed by atoms with van der Waals surface area (Å²) in [5.41, 5.74) is 1.96. The van der Waals surface area contributed by atoms with Crippen molar-refractivity contribution in [1.82, 2.24) is 0 Å². The van der Waals surface area contributed by atoms with Crippen molar-refractivity contribution in [2.75, 3.05) is 12.0 Å². The number of hydrogen-bond donors (Lipinski definition) is 1. The maximum Gasteiger partial charge on any atom is 0.300 e. The van der Waals surface area contributed by atoms with Crippen LogP contribution in [0.2, 0.25) is 0 Å². The summed E-state index contributed by atoms with van der Waals surface area (Å²) in [6.45, 7) is 2.03. The van der Waals surface area contributed by atoms with Crippen LogP contribution in [0.1, 0.15) is 29.9 Å². The lowest BCUT2D eigenvalue weighted by molar-refractivity contribution is -0.132. The second-order valence-corrected chi connectivity index (χ2v) is 6.91. The van der Waals surface area contributed by atoms with E-state index < -0.39 is 17.7 Å². The van der Waals surface area contributed by atoms with Gasteiger partial charge < -0.3 is 14.3 Å². The van der Waals surface area contributed by atoms with Gasteiger partial charge in [0, 0.05) is 5.56 Å². The van der Waals surface area contributed by atoms with Gasteiger partial charge in [0.15, 0.2) is 0 Å². The van der Waals surface area contributed by atoms with Gasteiger partial charge in [0.2, 0.25) is 0 Å². The largest absolute Gasteiger partial charge is 0.507 e. The zero-order valence-corrected chi connectivity index (χ0v) is 16.7. The Labute approximate surface area is 174 Å². The summed E-state index contributed by atoms with van der Waals surface area (Å²) in [6.07, 6.45) is 2.32. The maximum absolute atomic E-state index is 13.1. The third kappa shape index (κ3) is 3.16. The van der Waals surface area contributed by atoms with Crippen molar-refractivity contribution < 1.29 is 23.8 Å². The predicted octanol–water partition coefficient (Wildman–Crippen LogP) is 4.48. The molecule has 3 aromatic rings. The summed E-state index contributed by atoms with van der Waals surface area (Å²) >= 11 is 0. The average molecular weight is 403 g/mol. The maximum atomic E-state index is 13.1. The first-order chi connectivity index (χ1) is 14.6. The molecule has 1 aliphatic heterocycles. The molecule has 0 radical (unpaired) electrons. The van der Waals surface area contributed by atoms with Gasteiger partial charge in [-0.15, -0.1) is 0 Å². The topological polar surface area (TPSA) is 80.0 Å². The molecule has 1 atom stereocenters. The minimum absolute atomic E-state index is 0.0231. The van der Waals surface area contributed by atoms with E-state index in [1.807, 2.05) is 19.1 Å². The number of para-hydroxylation sites is 2. The summed E-state index contributed by atoms with van der Waals surface area (Å²) in [4.78, 5) is 27.4. The number of methoxy groups -OCH3 is 1. The van der Waals surface area contributed by atoms with Crippen molar-refractivity contribution >= 4 is 23.1 Å². The molecule has 1 saturated heterocycles. The van der Waals surface area contributed by atoms with Crippen molar-refractivity contribution in [2.24, 2.45) is 0 Å². The number of carbonyl (C=O) groups is 2. The first-order valence-electron chi connectivity index (χ1n) is 9.63. The van der Waals surface area contributed by atoms with Crippen LogP contribution < -0.4 is 9.64 Å². The molecule has 1 aromatic heterocycles. The third-order valence-electron chi connectivity index (χ3n) is 5.24. The van der Waals surface area contributed by atoms with Crippen LogP contribution in [0.15, 0.2) is 76.9 Å². The zero-order chi connectivity index (χ0) is 21.3. The van der Waals surface area contributed by atoms with Crippen LogP contribution in [0.4, 0.5) is 5.69 Å². The highest BCUT2D eigenvalue weighted by Gasteiger charge is 2.49. The lowest BCUT2D eigenvalue weighted by Gasteiger charge is -2.24. The molecule has 6 heteroatoms. The number of aliphatic hydroxyl groups is 1. The van der Waals surface area contributed by atoms with Crippen molar-refractivity contribution in [2.45, 2.75) is 19.4 Å². The number of nitrogens with zero attached hydrogens (tertiary/aromatic N) is 1. The number of amides is 1.